The Bertz CT molecular complexity index is 1500. The fraction of sp³-hybridized carbons (Fsp3) is 0.154. The summed E-state index contributed by atoms with van der Waals surface area (Å²) in [6, 6.07) is 21.2. The number of hydrogen-bond donors (Lipinski definition) is 1. The van der Waals surface area contributed by atoms with Gasteiger partial charge in [0.15, 0.2) is 15.0 Å². The quantitative estimate of drug-likeness (QED) is 0.255. The molecule has 1 aromatic heterocycles. The van der Waals surface area contributed by atoms with Crippen molar-refractivity contribution in [3.05, 3.63) is 88.4 Å². The number of carbonyl (C=O) groups excluding carboxylic acids is 1. The lowest BCUT2D eigenvalue weighted by Crippen LogP contribution is -2.14. The van der Waals surface area contributed by atoms with Crippen LogP contribution in [0.5, 0.6) is 0 Å². The van der Waals surface area contributed by atoms with Gasteiger partial charge in [-0.1, -0.05) is 77.9 Å². The number of para-hydroxylation sites is 1. The number of hydrogen-bond acceptors (Lipinski definition) is 6. The normalized spacial score (nSPS) is 11.3. The second kappa shape index (κ2) is 11.0. The van der Waals surface area contributed by atoms with Crippen LogP contribution in [0.2, 0.25) is 10.0 Å². The van der Waals surface area contributed by atoms with Gasteiger partial charge in [0.25, 0.3) is 0 Å². The summed E-state index contributed by atoms with van der Waals surface area (Å²) in [6.07, 6.45) is 0.0776. The minimum atomic E-state index is -3.29. The molecular formula is C26H23Cl2N3O3S2. The van der Waals surface area contributed by atoms with Crippen molar-refractivity contribution in [2.45, 2.75) is 18.2 Å². The molecule has 1 heterocycles. The van der Waals surface area contributed by atoms with Crippen molar-refractivity contribution >= 4 is 66.1 Å². The lowest BCUT2D eigenvalue weighted by molar-refractivity contribution is -0.115. The molecule has 0 atom stereocenters. The Hall–Kier alpha value is -2.91. The maximum Gasteiger partial charge on any atom is 0.230 e. The molecule has 0 aliphatic carbocycles. The predicted molar refractivity (Wildman–Crippen MR) is 149 cm³/mol. The summed E-state index contributed by atoms with van der Waals surface area (Å²) in [6.45, 7) is 1.60. The topological polar surface area (TPSA) is 79.4 Å². The molecule has 3 aromatic carbocycles. The van der Waals surface area contributed by atoms with Crippen molar-refractivity contribution in [1.29, 1.82) is 0 Å². The molecule has 10 heteroatoms. The monoisotopic (exact) mass is 559 g/mol. The average Bonchev–Trinajstić information content (AvgIpc) is 3.28. The highest BCUT2D eigenvalue weighted by Crippen LogP contribution is 2.43. The van der Waals surface area contributed by atoms with Crippen LogP contribution in [-0.4, -0.2) is 32.1 Å². The Kier molecular flexibility index (Phi) is 8.00. The average molecular weight is 561 g/mol. The smallest absolute Gasteiger partial charge is 0.230 e. The number of benzene rings is 3. The fourth-order valence-electron chi connectivity index (χ4n) is 3.58. The van der Waals surface area contributed by atoms with Gasteiger partial charge in [0.1, 0.15) is 10.7 Å². The molecule has 186 valence electrons. The number of sulfone groups is 1. The van der Waals surface area contributed by atoms with E-state index in [0.717, 1.165) is 16.3 Å². The Morgan fingerprint density at radius 2 is 1.75 bits per heavy atom. The van der Waals surface area contributed by atoms with Gasteiger partial charge >= 0.3 is 0 Å². The first kappa shape index (κ1) is 26.2. The molecular weight excluding hydrogens is 537 g/mol. The number of rotatable bonds is 8. The highest BCUT2D eigenvalue weighted by atomic mass is 35.5. The number of nitrogens with one attached hydrogen (secondary N) is 1. The Morgan fingerprint density at radius 3 is 2.42 bits per heavy atom. The molecule has 0 spiro atoms. The zero-order valence-corrected chi connectivity index (χ0v) is 22.7. The molecule has 36 heavy (non-hydrogen) atoms. The maximum absolute atomic E-state index is 12.8. The lowest BCUT2D eigenvalue weighted by atomic mass is 10.1. The van der Waals surface area contributed by atoms with Gasteiger partial charge in [-0.15, -0.1) is 0 Å². The van der Waals surface area contributed by atoms with Crippen LogP contribution in [0.3, 0.4) is 0 Å². The minimum Gasteiger partial charge on any atom is -0.333 e. The molecule has 4 rings (SSSR count). The van der Waals surface area contributed by atoms with E-state index in [9.17, 15) is 13.2 Å². The first-order valence-corrected chi connectivity index (χ1v) is 14.3. The van der Waals surface area contributed by atoms with Crippen LogP contribution in [-0.2, 0) is 21.1 Å². The van der Waals surface area contributed by atoms with E-state index < -0.39 is 9.84 Å². The van der Waals surface area contributed by atoms with E-state index in [-0.39, 0.29) is 23.0 Å². The van der Waals surface area contributed by atoms with Crippen LogP contribution < -0.4 is 10.2 Å². The van der Waals surface area contributed by atoms with Gasteiger partial charge in [-0.3, -0.25) is 4.79 Å². The van der Waals surface area contributed by atoms with Gasteiger partial charge in [0.05, 0.1) is 27.8 Å². The molecule has 0 bridgehead atoms. The van der Waals surface area contributed by atoms with Gasteiger partial charge in [-0.2, -0.15) is 0 Å². The molecule has 6 nitrogen and oxygen atoms in total. The van der Waals surface area contributed by atoms with Crippen molar-refractivity contribution in [3.63, 3.8) is 0 Å². The van der Waals surface area contributed by atoms with Gasteiger partial charge in [0, 0.05) is 17.6 Å². The Morgan fingerprint density at radius 1 is 1.03 bits per heavy atom. The number of anilines is 3. The number of aromatic nitrogens is 1. The van der Waals surface area contributed by atoms with E-state index in [1.165, 1.54) is 23.5 Å². The number of carbonyl (C=O) groups is 1. The largest absolute Gasteiger partial charge is 0.333 e. The number of halogens is 2. The van der Waals surface area contributed by atoms with Crippen LogP contribution in [0.4, 0.5) is 15.8 Å². The molecule has 0 aliphatic rings. The molecule has 0 saturated heterocycles. The molecule has 1 amide bonds. The molecule has 0 radical (unpaired) electrons. The zero-order chi connectivity index (χ0) is 25.9. The Labute approximate surface area is 224 Å². The molecule has 0 saturated carbocycles. The number of thiazole rings is 1. The van der Waals surface area contributed by atoms with E-state index in [0.29, 0.717) is 26.4 Å². The van der Waals surface area contributed by atoms with Crippen LogP contribution in [0.15, 0.2) is 77.7 Å². The van der Waals surface area contributed by atoms with Gasteiger partial charge in [-0.05, 0) is 42.0 Å². The lowest BCUT2D eigenvalue weighted by Gasteiger charge is -2.20. The number of nitrogens with zero attached hydrogens (tertiary/aromatic N) is 2. The molecule has 0 fully saturated rings. The first-order chi connectivity index (χ1) is 17.2. The molecule has 0 unspecified atom stereocenters. The van der Waals surface area contributed by atoms with E-state index >= 15 is 0 Å². The van der Waals surface area contributed by atoms with Crippen molar-refractivity contribution in [3.8, 4) is 11.3 Å². The van der Waals surface area contributed by atoms with E-state index in [1.54, 1.807) is 25.1 Å². The summed E-state index contributed by atoms with van der Waals surface area (Å²) in [5.74, 6) is -0.240. The predicted octanol–water partition coefficient (Wildman–Crippen LogP) is 6.86. The summed E-state index contributed by atoms with van der Waals surface area (Å²) in [5, 5.41) is 5.24. The molecule has 1 N–H and O–H groups in total. The van der Waals surface area contributed by atoms with Crippen LogP contribution in [0.1, 0.15) is 12.5 Å². The summed E-state index contributed by atoms with van der Waals surface area (Å²) in [4.78, 5) is 19.7. The highest BCUT2D eigenvalue weighted by molar-refractivity contribution is 7.91. The third-order valence-corrected chi connectivity index (χ3v) is 8.85. The van der Waals surface area contributed by atoms with E-state index in [1.807, 2.05) is 54.4 Å². The zero-order valence-electron chi connectivity index (χ0n) is 19.5. The second-order valence-corrected chi connectivity index (χ2v) is 12.1. The second-order valence-electron chi connectivity index (χ2n) is 7.97. The highest BCUT2D eigenvalue weighted by Gasteiger charge is 2.21. The van der Waals surface area contributed by atoms with Crippen molar-refractivity contribution in [2.75, 3.05) is 23.0 Å². The third kappa shape index (κ3) is 5.90. The number of amides is 1. The van der Waals surface area contributed by atoms with Gasteiger partial charge in [-0.25, -0.2) is 13.4 Å². The van der Waals surface area contributed by atoms with Crippen LogP contribution in [0.25, 0.3) is 11.3 Å². The maximum atomic E-state index is 12.8. The summed E-state index contributed by atoms with van der Waals surface area (Å²) < 4.78 is 24.0. The minimum absolute atomic E-state index is 0.0246. The van der Waals surface area contributed by atoms with Gasteiger partial charge in [0.2, 0.25) is 5.91 Å². The summed E-state index contributed by atoms with van der Waals surface area (Å²) >= 11 is 14.0. The van der Waals surface area contributed by atoms with E-state index in [2.05, 4.69) is 5.32 Å². The van der Waals surface area contributed by atoms with E-state index in [4.69, 9.17) is 28.2 Å². The SMILES string of the molecule is CCS(=O)(=O)c1ccc(CC(=O)Nc2nc(-c3cccc(Cl)c3)c(N(C)c3ccccc3Cl)s2)cc1. The third-order valence-electron chi connectivity index (χ3n) is 5.50. The van der Waals surface area contributed by atoms with Crippen molar-refractivity contribution in [1.82, 2.24) is 4.98 Å². The molecule has 4 aromatic rings. The standard InChI is InChI=1S/C26H23Cl2N3O3S2/c1-3-36(33,34)20-13-11-17(12-14-20)15-23(32)29-26-30-24(18-7-6-8-19(27)16-18)25(35-26)31(2)22-10-5-4-9-21(22)28/h4-14,16H,3,15H2,1-2H3,(H,29,30,32). The summed E-state index contributed by atoms with van der Waals surface area (Å²) in [5.41, 5.74) is 2.96. The Balaban J connectivity index is 1.61. The first-order valence-electron chi connectivity index (χ1n) is 11.0. The van der Waals surface area contributed by atoms with Crippen LogP contribution >= 0.6 is 34.5 Å². The van der Waals surface area contributed by atoms with Crippen LogP contribution in [0, 0.1) is 0 Å². The van der Waals surface area contributed by atoms with Crippen molar-refractivity contribution < 1.29 is 13.2 Å². The fourth-order valence-corrected chi connectivity index (χ4v) is 5.90. The van der Waals surface area contributed by atoms with Gasteiger partial charge < -0.3 is 10.2 Å². The molecule has 0 aliphatic heterocycles. The summed E-state index contributed by atoms with van der Waals surface area (Å²) in [7, 11) is -1.40. The van der Waals surface area contributed by atoms with Crippen molar-refractivity contribution in [2.24, 2.45) is 0 Å².